The average Bonchev–Trinajstić information content (AvgIpc) is 2.55. The molecule has 2 N–H and O–H groups in total. The fourth-order valence-electron chi connectivity index (χ4n) is 2.03. The summed E-state index contributed by atoms with van der Waals surface area (Å²) in [7, 11) is 1.59. The summed E-state index contributed by atoms with van der Waals surface area (Å²) >= 11 is 0. The molecule has 5 heteroatoms. The molecular weight excluding hydrogens is 290 g/mol. The third-order valence-corrected chi connectivity index (χ3v) is 3.38. The molecule has 1 heterocycles. The number of carbonyl (C=O) groups is 1. The van der Waals surface area contributed by atoms with Crippen LogP contribution in [0.2, 0.25) is 0 Å². The molecule has 0 atom stereocenters. The molecule has 2 rings (SSSR count). The van der Waals surface area contributed by atoms with E-state index in [0.717, 1.165) is 18.8 Å². The minimum Gasteiger partial charge on any atom is -0.497 e. The summed E-state index contributed by atoms with van der Waals surface area (Å²) in [6.07, 6.45) is 2.66. The number of ether oxygens (including phenoxy) is 1. The summed E-state index contributed by atoms with van der Waals surface area (Å²) < 4.78 is 5.14. The molecule has 1 amide bonds. The Morgan fingerprint density at radius 1 is 1.26 bits per heavy atom. The number of anilines is 2. The van der Waals surface area contributed by atoms with Gasteiger partial charge in [0.2, 0.25) is 0 Å². The van der Waals surface area contributed by atoms with E-state index in [-0.39, 0.29) is 5.91 Å². The van der Waals surface area contributed by atoms with Crippen LogP contribution in [-0.2, 0) is 0 Å². The van der Waals surface area contributed by atoms with E-state index in [1.807, 2.05) is 24.3 Å². The summed E-state index contributed by atoms with van der Waals surface area (Å²) in [5.41, 5.74) is 1.20. The zero-order valence-corrected chi connectivity index (χ0v) is 13.8. The lowest BCUT2D eigenvalue weighted by atomic mass is 10.1. The van der Waals surface area contributed by atoms with E-state index in [2.05, 4.69) is 29.5 Å². The number of benzene rings is 1. The smallest absolute Gasteiger partial charge is 0.257 e. The molecule has 1 aromatic heterocycles. The normalized spacial score (nSPS) is 10.4. The van der Waals surface area contributed by atoms with Gasteiger partial charge >= 0.3 is 0 Å². The van der Waals surface area contributed by atoms with Gasteiger partial charge in [0.15, 0.2) is 0 Å². The van der Waals surface area contributed by atoms with Gasteiger partial charge in [-0.2, -0.15) is 0 Å². The maximum absolute atomic E-state index is 12.2. The van der Waals surface area contributed by atoms with E-state index in [0.29, 0.717) is 22.9 Å². The third kappa shape index (κ3) is 5.29. The lowest BCUT2D eigenvalue weighted by Gasteiger charge is -2.09. The Hall–Kier alpha value is -2.56. The van der Waals surface area contributed by atoms with E-state index in [9.17, 15) is 4.79 Å². The largest absolute Gasteiger partial charge is 0.497 e. The van der Waals surface area contributed by atoms with E-state index in [1.54, 1.807) is 25.4 Å². The molecule has 0 fully saturated rings. The van der Waals surface area contributed by atoms with Gasteiger partial charge in [-0.25, -0.2) is 4.98 Å². The van der Waals surface area contributed by atoms with Crippen LogP contribution in [0.25, 0.3) is 0 Å². The van der Waals surface area contributed by atoms with Crippen LogP contribution in [0.1, 0.15) is 30.6 Å². The lowest BCUT2D eigenvalue weighted by molar-refractivity contribution is 0.102. The number of hydrogen-bond acceptors (Lipinski definition) is 4. The molecule has 0 aliphatic heterocycles. The van der Waals surface area contributed by atoms with Gasteiger partial charge in [-0.15, -0.1) is 0 Å². The molecule has 0 radical (unpaired) electrons. The van der Waals surface area contributed by atoms with Crippen molar-refractivity contribution < 1.29 is 9.53 Å². The molecule has 0 saturated carbocycles. The molecule has 0 spiro atoms. The van der Waals surface area contributed by atoms with Crippen molar-refractivity contribution in [1.29, 1.82) is 0 Å². The van der Waals surface area contributed by atoms with Crippen molar-refractivity contribution >= 4 is 17.4 Å². The van der Waals surface area contributed by atoms with Crippen molar-refractivity contribution in [3.05, 3.63) is 48.2 Å². The summed E-state index contributed by atoms with van der Waals surface area (Å²) in [6.45, 7) is 5.24. The van der Waals surface area contributed by atoms with Crippen molar-refractivity contribution in [1.82, 2.24) is 4.98 Å². The van der Waals surface area contributed by atoms with Crippen molar-refractivity contribution in [2.45, 2.75) is 20.3 Å². The van der Waals surface area contributed by atoms with E-state index < -0.39 is 0 Å². The van der Waals surface area contributed by atoms with Gasteiger partial charge in [-0.05, 0) is 36.6 Å². The summed E-state index contributed by atoms with van der Waals surface area (Å²) in [5, 5.41) is 6.08. The molecule has 23 heavy (non-hydrogen) atoms. The molecular formula is C18H23N3O2. The molecule has 0 aliphatic carbocycles. The Bertz CT molecular complexity index is 639. The minimum atomic E-state index is -0.195. The van der Waals surface area contributed by atoms with Gasteiger partial charge in [0.25, 0.3) is 5.91 Å². The van der Waals surface area contributed by atoms with Crippen LogP contribution in [0.3, 0.4) is 0 Å². The van der Waals surface area contributed by atoms with Gasteiger partial charge < -0.3 is 15.4 Å². The summed E-state index contributed by atoms with van der Waals surface area (Å²) in [6, 6.07) is 10.8. The minimum absolute atomic E-state index is 0.195. The average molecular weight is 313 g/mol. The Kier molecular flexibility index (Phi) is 5.97. The molecule has 122 valence electrons. The van der Waals surface area contributed by atoms with Crippen LogP contribution >= 0.6 is 0 Å². The lowest BCUT2D eigenvalue weighted by Crippen LogP contribution is -2.13. The Morgan fingerprint density at radius 3 is 2.74 bits per heavy atom. The number of pyridine rings is 1. The van der Waals surface area contributed by atoms with Crippen LogP contribution in [-0.4, -0.2) is 24.5 Å². The second-order valence-corrected chi connectivity index (χ2v) is 5.73. The highest BCUT2D eigenvalue weighted by Gasteiger charge is 2.07. The second kappa shape index (κ2) is 8.17. The first-order valence-electron chi connectivity index (χ1n) is 7.74. The van der Waals surface area contributed by atoms with E-state index in [1.165, 1.54) is 0 Å². The molecule has 0 unspecified atom stereocenters. The standard InChI is InChI=1S/C18H23N3O2/c1-13(2)9-10-19-17-8-7-14(12-20-17)18(22)21-15-5-4-6-16(11-15)23-3/h4-8,11-13H,9-10H2,1-3H3,(H,19,20)(H,21,22). The predicted molar refractivity (Wildman–Crippen MR) is 93.1 cm³/mol. The zero-order valence-electron chi connectivity index (χ0n) is 13.8. The number of hydrogen-bond donors (Lipinski definition) is 2. The van der Waals surface area contributed by atoms with Crippen molar-refractivity contribution in [3.63, 3.8) is 0 Å². The molecule has 0 aliphatic rings. The fraction of sp³-hybridized carbons (Fsp3) is 0.333. The van der Waals surface area contributed by atoms with Gasteiger partial charge in [0.05, 0.1) is 12.7 Å². The molecule has 0 bridgehead atoms. The van der Waals surface area contributed by atoms with Gasteiger partial charge in [-0.3, -0.25) is 4.79 Å². The van der Waals surface area contributed by atoms with Gasteiger partial charge in [0.1, 0.15) is 11.6 Å². The number of nitrogens with one attached hydrogen (secondary N) is 2. The highest BCUT2D eigenvalue weighted by molar-refractivity contribution is 6.04. The first kappa shape index (κ1) is 16.8. The highest BCUT2D eigenvalue weighted by Crippen LogP contribution is 2.17. The summed E-state index contributed by atoms with van der Waals surface area (Å²) in [5.74, 6) is 1.93. The second-order valence-electron chi connectivity index (χ2n) is 5.73. The first-order valence-corrected chi connectivity index (χ1v) is 7.74. The Balaban J connectivity index is 1.94. The van der Waals surface area contributed by atoms with Gasteiger partial charge in [0, 0.05) is 24.5 Å². The van der Waals surface area contributed by atoms with E-state index >= 15 is 0 Å². The first-order chi connectivity index (χ1) is 11.1. The van der Waals surface area contributed by atoms with Crippen LogP contribution in [0.4, 0.5) is 11.5 Å². The number of aromatic nitrogens is 1. The van der Waals surface area contributed by atoms with Gasteiger partial charge in [-0.1, -0.05) is 19.9 Å². The SMILES string of the molecule is COc1cccc(NC(=O)c2ccc(NCCC(C)C)nc2)c1. The molecule has 2 aromatic rings. The topological polar surface area (TPSA) is 63.2 Å². The van der Waals surface area contributed by atoms with Crippen LogP contribution in [0, 0.1) is 5.92 Å². The van der Waals surface area contributed by atoms with Crippen molar-refractivity contribution in [2.24, 2.45) is 5.92 Å². The van der Waals surface area contributed by atoms with Crippen LogP contribution in [0.15, 0.2) is 42.6 Å². The van der Waals surface area contributed by atoms with Crippen LogP contribution in [0.5, 0.6) is 5.75 Å². The number of rotatable bonds is 7. The highest BCUT2D eigenvalue weighted by atomic mass is 16.5. The Morgan fingerprint density at radius 2 is 2.09 bits per heavy atom. The Labute approximate surface area is 137 Å². The summed E-state index contributed by atoms with van der Waals surface area (Å²) in [4.78, 5) is 16.5. The molecule has 5 nitrogen and oxygen atoms in total. The monoisotopic (exact) mass is 313 g/mol. The number of methoxy groups -OCH3 is 1. The number of amides is 1. The maximum Gasteiger partial charge on any atom is 0.257 e. The fourth-order valence-corrected chi connectivity index (χ4v) is 2.03. The molecule has 0 saturated heterocycles. The van der Waals surface area contributed by atoms with Crippen molar-refractivity contribution in [2.75, 3.05) is 24.3 Å². The third-order valence-electron chi connectivity index (χ3n) is 3.38. The molecule has 1 aromatic carbocycles. The number of nitrogens with zero attached hydrogens (tertiary/aromatic N) is 1. The van der Waals surface area contributed by atoms with Crippen LogP contribution < -0.4 is 15.4 Å². The zero-order chi connectivity index (χ0) is 16.7. The van der Waals surface area contributed by atoms with E-state index in [4.69, 9.17) is 4.74 Å². The van der Waals surface area contributed by atoms with Crippen molar-refractivity contribution in [3.8, 4) is 5.75 Å². The predicted octanol–water partition coefficient (Wildman–Crippen LogP) is 3.80. The quantitative estimate of drug-likeness (QED) is 0.816. The maximum atomic E-state index is 12.2. The number of carbonyl (C=O) groups excluding carboxylic acids is 1.